The summed E-state index contributed by atoms with van der Waals surface area (Å²) in [6.07, 6.45) is 2.49. The molecule has 60 valence electrons. The van der Waals surface area contributed by atoms with Gasteiger partial charge in [-0.15, -0.1) is 0 Å². The molecule has 0 radical (unpaired) electrons. The number of hydrogen-bond donors (Lipinski definition) is 0. The van der Waals surface area contributed by atoms with Crippen molar-refractivity contribution in [2.75, 3.05) is 27.2 Å². The van der Waals surface area contributed by atoms with Crippen molar-refractivity contribution in [3.05, 3.63) is 0 Å². The van der Waals surface area contributed by atoms with Crippen molar-refractivity contribution in [2.24, 2.45) is 0 Å². The molecule has 0 saturated heterocycles. The lowest BCUT2D eigenvalue weighted by Crippen LogP contribution is -2.31. The van der Waals surface area contributed by atoms with Crippen LogP contribution in [0.2, 0.25) is 0 Å². The highest BCUT2D eigenvalue weighted by Gasteiger charge is 2.43. The molecule has 1 aliphatic rings. The summed E-state index contributed by atoms with van der Waals surface area (Å²) in [5.41, 5.74) is 0.241. The van der Waals surface area contributed by atoms with Crippen LogP contribution in [0.1, 0.15) is 19.8 Å². The van der Waals surface area contributed by atoms with Crippen LogP contribution >= 0.6 is 0 Å². The summed E-state index contributed by atoms with van der Waals surface area (Å²) in [6, 6.07) is 0. The van der Waals surface area contributed by atoms with Crippen LogP contribution in [0.25, 0.3) is 0 Å². The first kappa shape index (κ1) is 8.02. The molecule has 0 aromatic carbocycles. The van der Waals surface area contributed by atoms with Crippen molar-refractivity contribution in [3.63, 3.8) is 0 Å². The van der Waals surface area contributed by atoms with E-state index >= 15 is 0 Å². The summed E-state index contributed by atoms with van der Waals surface area (Å²) in [5.74, 6) is 0. The topological polar surface area (TPSA) is 12.5 Å². The fourth-order valence-corrected chi connectivity index (χ4v) is 1.17. The molecule has 1 rings (SSSR count). The summed E-state index contributed by atoms with van der Waals surface area (Å²) >= 11 is 0. The molecule has 2 nitrogen and oxygen atoms in total. The van der Waals surface area contributed by atoms with E-state index in [1.165, 1.54) is 12.8 Å². The van der Waals surface area contributed by atoms with Crippen molar-refractivity contribution in [1.82, 2.24) is 4.90 Å². The van der Waals surface area contributed by atoms with Gasteiger partial charge in [0, 0.05) is 13.7 Å². The molecule has 2 heteroatoms. The van der Waals surface area contributed by atoms with Crippen molar-refractivity contribution in [1.29, 1.82) is 0 Å². The molecule has 0 unspecified atom stereocenters. The molecule has 0 aliphatic heterocycles. The second-order valence-electron chi connectivity index (χ2n) is 3.22. The predicted molar refractivity (Wildman–Crippen MR) is 42.1 cm³/mol. The number of ether oxygens (including phenoxy) is 1. The first-order chi connectivity index (χ1) is 4.72. The van der Waals surface area contributed by atoms with Gasteiger partial charge in [-0.3, -0.25) is 0 Å². The van der Waals surface area contributed by atoms with E-state index in [9.17, 15) is 0 Å². The van der Waals surface area contributed by atoms with Gasteiger partial charge in [0.15, 0.2) is 0 Å². The number of likely N-dealkylation sites (N-methyl/N-ethyl adjacent to an activating group) is 1. The van der Waals surface area contributed by atoms with Gasteiger partial charge < -0.3 is 9.64 Å². The molecule has 0 N–H and O–H groups in total. The van der Waals surface area contributed by atoms with Crippen LogP contribution < -0.4 is 0 Å². The van der Waals surface area contributed by atoms with E-state index in [1.807, 2.05) is 7.11 Å². The molecule has 0 aromatic rings. The Kier molecular flexibility index (Phi) is 2.32. The maximum absolute atomic E-state index is 5.38. The number of rotatable bonds is 4. The largest absolute Gasteiger partial charge is 0.377 e. The number of methoxy groups -OCH3 is 1. The lowest BCUT2D eigenvalue weighted by atomic mass is 10.3. The highest BCUT2D eigenvalue weighted by atomic mass is 16.5. The number of nitrogens with zero attached hydrogens (tertiary/aromatic N) is 1. The van der Waals surface area contributed by atoms with Crippen molar-refractivity contribution < 1.29 is 4.74 Å². The second kappa shape index (κ2) is 2.89. The summed E-state index contributed by atoms with van der Waals surface area (Å²) in [7, 11) is 3.95. The Hall–Kier alpha value is -0.0800. The summed E-state index contributed by atoms with van der Waals surface area (Å²) < 4.78 is 5.38. The predicted octanol–water partition coefficient (Wildman–Crippen LogP) is 1.12. The third-order valence-corrected chi connectivity index (χ3v) is 2.34. The van der Waals surface area contributed by atoms with Crippen LogP contribution in [0, 0.1) is 0 Å². The average Bonchev–Trinajstić information content (AvgIpc) is 2.70. The van der Waals surface area contributed by atoms with E-state index in [0.717, 1.165) is 13.1 Å². The maximum atomic E-state index is 5.38. The molecule has 0 aromatic heterocycles. The van der Waals surface area contributed by atoms with Gasteiger partial charge in [-0.25, -0.2) is 0 Å². The van der Waals surface area contributed by atoms with Gasteiger partial charge in [0.2, 0.25) is 0 Å². The summed E-state index contributed by atoms with van der Waals surface area (Å²) in [4.78, 5) is 2.30. The van der Waals surface area contributed by atoms with Gasteiger partial charge in [0.05, 0.1) is 5.60 Å². The third-order valence-electron chi connectivity index (χ3n) is 2.34. The minimum Gasteiger partial charge on any atom is -0.377 e. The molecular formula is C8H17NO. The molecule has 10 heavy (non-hydrogen) atoms. The zero-order valence-corrected chi connectivity index (χ0v) is 7.18. The lowest BCUT2D eigenvalue weighted by Gasteiger charge is -2.20. The molecule has 0 atom stereocenters. The van der Waals surface area contributed by atoms with Crippen LogP contribution in [0.3, 0.4) is 0 Å². The molecule has 1 saturated carbocycles. The maximum Gasteiger partial charge on any atom is 0.0807 e. The van der Waals surface area contributed by atoms with Gasteiger partial charge in [-0.1, -0.05) is 6.92 Å². The van der Waals surface area contributed by atoms with Gasteiger partial charge in [-0.05, 0) is 26.4 Å². The zero-order chi connectivity index (χ0) is 7.61. The molecule has 0 amide bonds. The smallest absolute Gasteiger partial charge is 0.0807 e. The second-order valence-corrected chi connectivity index (χ2v) is 3.22. The van der Waals surface area contributed by atoms with Crippen molar-refractivity contribution in [3.8, 4) is 0 Å². The highest BCUT2D eigenvalue weighted by molar-refractivity contribution is 4.97. The Morgan fingerprint density at radius 3 is 2.40 bits per heavy atom. The Bertz CT molecular complexity index is 110. The van der Waals surface area contributed by atoms with E-state index < -0.39 is 0 Å². The molecular weight excluding hydrogens is 126 g/mol. The summed E-state index contributed by atoms with van der Waals surface area (Å²) in [5, 5.41) is 0. The van der Waals surface area contributed by atoms with Gasteiger partial charge in [0.1, 0.15) is 0 Å². The van der Waals surface area contributed by atoms with Crippen molar-refractivity contribution in [2.45, 2.75) is 25.4 Å². The standard InChI is InChI=1S/C8H17NO/c1-4-9(2)7-8(10-3)5-6-8/h4-7H2,1-3H3. The Balaban J connectivity index is 2.23. The fourth-order valence-electron chi connectivity index (χ4n) is 1.17. The zero-order valence-electron chi connectivity index (χ0n) is 7.18. The first-order valence-electron chi connectivity index (χ1n) is 3.96. The third kappa shape index (κ3) is 1.70. The van der Waals surface area contributed by atoms with Crippen LogP contribution in [0.4, 0.5) is 0 Å². The minimum atomic E-state index is 0.241. The van der Waals surface area contributed by atoms with Crippen molar-refractivity contribution >= 4 is 0 Å². The lowest BCUT2D eigenvalue weighted by molar-refractivity contribution is 0.0521. The monoisotopic (exact) mass is 143 g/mol. The number of hydrogen-bond acceptors (Lipinski definition) is 2. The van der Waals surface area contributed by atoms with E-state index in [4.69, 9.17) is 4.74 Å². The normalized spacial score (nSPS) is 21.6. The van der Waals surface area contributed by atoms with Crippen LogP contribution in [-0.2, 0) is 4.74 Å². The van der Waals surface area contributed by atoms with Gasteiger partial charge in [-0.2, -0.15) is 0 Å². The van der Waals surface area contributed by atoms with Crippen LogP contribution in [0.15, 0.2) is 0 Å². The molecule has 1 aliphatic carbocycles. The van der Waals surface area contributed by atoms with E-state index in [1.54, 1.807) is 0 Å². The van der Waals surface area contributed by atoms with E-state index in [-0.39, 0.29) is 5.60 Å². The Labute approximate surface area is 63.2 Å². The average molecular weight is 143 g/mol. The fraction of sp³-hybridized carbons (Fsp3) is 1.00. The van der Waals surface area contributed by atoms with Gasteiger partial charge in [0.25, 0.3) is 0 Å². The minimum absolute atomic E-state index is 0.241. The van der Waals surface area contributed by atoms with Gasteiger partial charge >= 0.3 is 0 Å². The first-order valence-corrected chi connectivity index (χ1v) is 3.96. The SMILES string of the molecule is CCN(C)CC1(OC)CC1. The van der Waals surface area contributed by atoms with E-state index in [0.29, 0.717) is 0 Å². The summed E-state index contributed by atoms with van der Waals surface area (Å²) in [6.45, 7) is 4.39. The Morgan fingerprint density at radius 1 is 1.50 bits per heavy atom. The quantitative estimate of drug-likeness (QED) is 0.584. The van der Waals surface area contributed by atoms with E-state index in [2.05, 4.69) is 18.9 Å². The van der Waals surface area contributed by atoms with Crippen LogP contribution in [-0.4, -0.2) is 37.7 Å². The molecule has 1 fully saturated rings. The molecule has 0 heterocycles. The molecule has 0 bridgehead atoms. The van der Waals surface area contributed by atoms with Crippen LogP contribution in [0.5, 0.6) is 0 Å². The Morgan fingerprint density at radius 2 is 2.10 bits per heavy atom. The highest BCUT2D eigenvalue weighted by Crippen LogP contribution is 2.39. The molecule has 0 spiro atoms.